The SMILES string of the molecule is CCOC(=O)c1c(NC(=O)c2ccc(S(=O)(=O)N(CC)CC)cc2)sc2ccccc12. The molecular weight excluding hydrogens is 436 g/mol. The minimum absolute atomic E-state index is 0.127. The molecule has 0 aliphatic rings. The first kappa shape index (κ1) is 22.9. The summed E-state index contributed by atoms with van der Waals surface area (Å²) in [6.07, 6.45) is 0. The lowest BCUT2D eigenvalue weighted by molar-refractivity contribution is 0.0530. The first-order valence-electron chi connectivity index (χ1n) is 9.93. The van der Waals surface area contributed by atoms with Crippen LogP contribution in [0.4, 0.5) is 5.00 Å². The number of carbonyl (C=O) groups is 2. The molecule has 0 unspecified atom stereocenters. The van der Waals surface area contributed by atoms with E-state index in [0.29, 0.717) is 29.0 Å². The third kappa shape index (κ3) is 4.63. The first-order chi connectivity index (χ1) is 14.8. The van der Waals surface area contributed by atoms with Gasteiger partial charge in [-0.1, -0.05) is 32.0 Å². The molecule has 2 aromatic carbocycles. The number of thiophene rings is 1. The topological polar surface area (TPSA) is 92.8 Å². The number of fused-ring (bicyclic) bond motifs is 1. The van der Waals surface area contributed by atoms with Crippen LogP contribution < -0.4 is 5.32 Å². The fourth-order valence-electron chi connectivity index (χ4n) is 3.21. The lowest BCUT2D eigenvalue weighted by Crippen LogP contribution is -2.30. The molecule has 3 aromatic rings. The first-order valence-corrected chi connectivity index (χ1v) is 12.2. The van der Waals surface area contributed by atoms with Crippen molar-refractivity contribution in [3.63, 3.8) is 0 Å². The van der Waals surface area contributed by atoms with Crippen molar-refractivity contribution in [2.75, 3.05) is 25.0 Å². The Morgan fingerprint density at radius 3 is 2.26 bits per heavy atom. The fraction of sp³-hybridized carbons (Fsp3) is 0.273. The van der Waals surface area contributed by atoms with Crippen LogP contribution in [0.3, 0.4) is 0 Å². The number of nitrogens with one attached hydrogen (secondary N) is 1. The maximum absolute atomic E-state index is 12.8. The Morgan fingerprint density at radius 1 is 1.00 bits per heavy atom. The number of sulfonamides is 1. The largest absolute Gasteiger partial charge is 0.462 e. The highest BCUT2D eigenvalue weighted by Crippen LogP contribution is 2.36. The Hall–Kier alpha value is -2.75. The molecule has 0 bridgehead atoms. The van der Waals surface area contributed by atoms with E-state index >= 15 is 0 Å². The summed E-state index contributed by atoms with van der Waals surface area (Å²) in [7, 11) is -3.60. The van der Waals surface area contributed by atoms with E-state index in [2.05, 4.69) is 5.32 Å². The molecule has 0 fully saturated rings. The van der Waals surface area contributed by atoms with Crippen LogP contribution in [0.5, 0.6) is 0 Å². The van der Waals surface area contributed by atoms with Crippen molar-refractivity contribution in [3.05, 3.63) is 59.7 Å². The Kier molecular flexibility index (Phi) is 7.09. The van der Waals surface area contributed by atoms with Gasteiger partial charge in [-0.05, 0) is 37.3 Å². The fourth-order valence-corrected chi connectivity index (χ4v) is 5.75. The van der Waals surface area contributed by atoms with Gasteiger partial charge in [-0.3, -0.25) is 4.79 Å². The normalized spacial score (nSPS) is 11.6. The van der Waals surface area contributed by atoms with Gasteiger partial charge in [0.05, 0.1) is 11.5 Å². The van der Waals surface area contributed by atoms with E-state index in [4.69, 9.17) is 4.74 Å². The minimum atomic E-state index is -3.60. The zero-order valence-electron chi connectivity index (χ0n) is 17.5. The van der Waals surface area contributed by atoms with Gasteiger partial charge in [-0.15, -0.1) is 11.3 Å². The van der Waals surface area contributed by atoms with E-state index in [1.165, 1.54) is 39.9 Å². The lowest BCUT2D eigenvalue weighted by Gasteiger charge is -2.18. The summed E-state index contributed by atoms with van der Waals surface area (Å²) in [6, 6.07) is 13.1. The van der Waals surface area contributed by atoms with Gasteiger partial charge in [0.2, 0.25) is 10.0 Å². The second-order valence-electron chi connectivity index (χ2n) is 6.59. The average Bonchev–Trinajstić information content (AvgIpc) is 3.12. The highest BCUT2D eigenvalue weighted by atomic mass is 32.2. The molecule has 0 radical (unpaired) electrons. The average molecular weight is 461 g/mol. The number of hydrogen-bond acceptors (Lipinski definition) is 6. The second kappa shape index (κ2) is 9.59. The molecule has 0 atom stereocenters. The number of hydrogen-bond donors (Lipinski definition) is 1. The van der Waals surface area contributed by atoms with Crippen LogP contribution in [0.2, 0.25) is 0 Å². The maximum atomic E-state index is 12.8. The third-order valence-electron chi connectivity index (χ3n) is 4.76. The Balaban J connectivity index is 1.89. The van der Waals surface area contributed by atoms with Crippen molar-refractivity contribution in [3.8, 4) is 0 Å². The molecule has 1 heterocycles. The van der Waals surface area contributed by atoms with Crippen molar-refractivity contribution in [2.45, 2.75) is 25.7 Å². The summed E-state index contributed by atoms with van der Waals surface area (Å²) >= 11 is 1.28. The van der Waals surface area contributed by atoms with E-state index in [0.717, 1.165) is 4.70 Å². The van der Waals surface area contributed by atoms with Crippen LogP contribution in [0.25, 0.3) is 10.1 Å². The smallest absolute Gasteiger partial charge is 0.341 e. The zero-order chi connectivity index (χ0) is 22.6. The van der Waals surface area contributed by atoms with Crippen LogP contribution in [-0.4, -0.2) is 44.3 Å². The van der Waals surface area contributed by atoms with Gasteiger partial charge in [0.1, 0.15) is 10.6 Å². The Morgan fingerprint density at radius 2 is 1.65 bits per heavy atom. The van der Waals surface area contributed by atoms with Gasteiger partial charge in [0, 0.05) is 28.7 Å². The molecule has 0 aliphatic heterocycles. The number of esters is 1. The van der Waals surface area contributed by atoms with E-state index < -0.39 is 21.9 Å². The monoisotopic (exact) mass is 460 g/mol. The number of carbonyl (C=O) groups excluding carboxylic acids is 2. The predicted molar refractivity (Wildman–Crippen MR) is 122 cm³/mol. The van der Waals surface area contributed by atoms with Crippen molar-refractivity contribution < 1.29 is 22.7 Å². The lowest BCUT2D eigenvalue weighted by atomic mass is 10.1. The Bertz CT molecular complexity index is 1200. The van der Waals surface area contributed by atoms with Gasteiger partial charge >= 0.3 is 5.97 Å². The van der Waals surface area contributed by atoms with Crippen LogP contribution in [0.15, 0.2) is 53.4 Å². The number of amides is 1. The minimum Gasteiger partial charge on any atom is -0.462 e. The molecule has 7 nitrogen and oxygen atoms in total. The molecule has 1 aromatic heterocycles. The van der Waals surface area contributed by atoms with E-state index in [1.807, 2.05) is 18.2 Å². The Labute approximate surface area is 185 Å². The molecule has 1 amide bonds. The molecule has 0 spiro atoms. The summed E-state index contributed by atoms with van der Waals surface area (Å²) in [6.45, 7) is 6.22. The summed E-state index contributed by atoms with van der Waals surface area (Å²) < 4.78 is 32.6. The maximum Gasteiger partial charge on any atom is 0.341 e. The summed E-state index contributed by atoms with van der Waals surface area (Å²) in [5, 5.41) is 3.88. The van der Waals surface area contributed by atoms with Crippen LogP contribution in [0, 0.1) is 0 Å². The van der Waals surface area contributed by atoms with Gasteiger partial charge in [0.15, 0.2) is 0 Å². The van der Waals surface area contributed by atoms with Crippen molar-refractivity contribution >= 4 is 48.3 Å². The van der Waals surface area contributed by atoms with Gasteiger partial charge in [0.25, 0.3) is 5.91 Å². The third-order valence-corrected chi connectivity index (χ3v) is 7.91. The van der Waals surface area contributed by atoms with Gasteiger partial charge < -0.3 is 10.1 Å². The standard InChI is InChI=1S/C22H24N2O5S2/c1-4-24(5-2)31(27,28)16-13-11-15(12-14-16)20(25)23-21-19(22(26)29-6-3)17-9-7-8-10-18(17)30-21/h7-14H,4-6H2,1-3H3,(H,23,25). The van der Waals surface area contributed by atoms with Crippen molar-refractivity contribution in [1.82, 2.24) is 4.31 Å². The number of ether oxygens (including phenoxy) is 1. The highest BCUT2D eigenvalue weighted by Gasteiger charge is 2.24. The quantitative estimate of drug-likeness (QED) is 0.504. The van der Waals surface area contributed by atoms with Crippen molar-refractivity contribution in [2.24, 2.45) is 0 Å². The number of nitrogens with zero attached hydrogens (tertiary/aromatic N) is 1. The molecule has 0 saturated carbocycles. The molecule has 0 aliphatic carbocycles. The van der Waals surface area contributed by atoms with Crippen LogP contribution in [0.1, 0.15) is 41.5 Å². The number of anilines is 1. The predicted octanol–water partition coefficient (Wildman–Crippen LogP) is 4.36. The highest BCUT2D eigenvalue weighted by molar-refractivity contribution is 7.89. The summed E-state index contributed by atoms with van der Waals surface area (Å²) in [5.74, 6) is -0.945. The molecule has 0 saturated heterocycles. The number of benzene rings is 2. The van der Waals surface area contributed by atoms with Gasteiger partial charge in [-0.25, -0.2) is 13.2 Å². The zero-order valence-corrected chi connectivity index (χ0v) is 19.2. The van der Waals surface area contributed by atoms with Gasteiger partial charge in [-0.2, -0.15) is 4.31 Å². The van der Waals surface area contributed by atoms with Crippen LogP contribution >= 0.6 is 11.3 Å². The summed E-state index contributed by atoms with van der Waals surface area (Å²) in [4.78, 5) is 25.4. The summed E-state index contributed by atoms with van der Waals surface area (Å²) in [5.41, 5.74) is 0.599. The molecule has 164 valence electrons. The molecule has 1 N–H and O–H groups in total. The number of rotatable bonds is 8. The molecule has 3 rings (SSSR count). The van der Waals surface area contributed by atoms with E-state index in [-0.39, 0.29) is 17.1 Å². The second-order valence-corrected chi connectivity index (χ2v) is 9.58. The molecular formula is C22H24N2O5S2. The molecule has 9 heteroatoms. The van der Waals surface area contributed by atoms with E-state index in [1.54, 1.807) is 26.8 Å². The van der Waals surface area contributed by atoms with Crippen LogP contribution in [-0.2, 0) is 14.8 Å². The molecule has 31 heavy (non-hydrogen) atoms. The van der Waals surface area contributed by atoms with Crippen molar-refractivity contribution in [1.29, 1.82) is 0 Å². The van der Waals surface area contributed by atoms with E-state index in [9.17, 15) is 18.0 Å².